The zero-order valence-electron chi connectivity index (χ0n) is 23.4. The monoisotopic (exact) mass is 544 g/mol. The summed E-state index contributed by atoms with van der Waals surface area (Å²) in [6.07, 6.45) is 1.39. The molecule has 2 fully saturated rings. The molecule has 2 aliphatic rings. The Balaban J connectivity index is 1.51. The minimum absolute atomic E-state index is 0.0112. The van der Waals surface area contributed by atoms with Gasteiger partial charge in [0.2, 0.25) is 5.91 Å². The quantitative estimate of drug-likeness (QED) is 0.536. The van der Waals surface area contributed by atoms with E-state index in [2.05, 4.69) is 36.3 Å². The molecule has 212 valence electrons. The van der Waals surface area contributed by atoms with E-state index >= 15 is 0 Å². The molecule has 3 atom stereocenters. The molecule has 2 unspecified atom stereocenters. The molecule has 2 saturated heterocycles. The van der Waals surface area contributed by atoms with Crippen molar-refractivity contribution in [3.05, 3.63) is 70.5 Å². The van der Waals surface area contributed by atoms with Crippen LogP contribution in [0.15, 0.2) is 36.4 Å². The number of halogens is 3. The first-order valence-electron chi connectivity index (χ1n) is 13.7. The second kappa shape index (κ2) is 11.6. The van der Waals surface area contributed by atoms with Gasteiger partial charge in [0.25, 0.3) is 0 Å². The number of carbonyl (C=O) groups is 2. The number of piperidine rings is 1. The Morgan fingerprint density at radius 1 is 0.949 bits per heavy atom. The van der Waals surface area contributed by atoms with Gasteiger partial charge in [-0.3, -0.25) is 9.69 Å². The van der Waals surface area contributed by atoms with E-state index in [1.165, 1.54) is 31.3 Å². The van der Waals surface area contributed by atoms with Crippen LogP contribution in [0.3, 0.4) is 0 Å². The van der Waals surface area contributed by atoms with Crippen molar-refractivity contribution in [2.75, 3.05) is 33.2 Å². The fraction of sp³-hybridized carbons (Fsp3) is 0.533. The van der Waals surface area contributed by atoms with Gasteiger partial charge in [0, 0.05) is 50.7 Å². The van der Waals surface area contributed by atoms with E-state index in [-0.39, 0.29) is 41.2 Å². The van der Waals surface area contributed by atoms with E-state index < -0.39 is 17.6 Å². The van der Waals surface area contributed by atoms with Crippen LogP contribution in [0.25, 0.3) is 0 Å². The first-order valence-corrected chi connectivity index (χ1v) is 13.7. The van der Waals surface area contributed by atoms with Crippen molar-refractivity contribution in [3.63, 3.8) is 0 Å². The number of nitrogens with one attached hydrogen (secondary N) is 2. The van der Waals surface area contributed by atoms with Crippen molar-refractivity contribution < 1.29 is 22.8 Å². The van der Waals surface area contributed by atoms with E-state index in [0.29, 0.717) is 44.6 Å². The van der Waals surface area contributed by atoms with Crippen LogP contribution in [0.4, 0.5) is 18.0 Å². The fourth-order valence-corrected chi connectivity index (χ4v) is 6.00. The van der Waals surface area contributed by atoms with Crippen molar-refractivity contribution in [2.45, 2.75) is 64.0 Å². The summed E-state index contributed by atoms with van der Waals surface area (Å²) >= 11 is 0. The summed E-state index contributed by atoms with van der Waals surface area (Å²) in [5.41, 5.74) is 1.88. The highest BCUT2D eigenvalue weighted by molar-refractivity contribution is 5.81. The van der Waals surface area contributed by atoms with Gasteiger partial charge in [-0.05, 0) is 81.3 Å². The normalized spacial score (nSPS) is 21.6. The van der Waals surface area contributed by atoms with Crippen molar-refractivity contribution in [2.24, 2.45) is 5.92 Å². The molecule has 2 heterocycles. The second-order valence-corrected chi connectivity index (χ2v) is 11.8. The lowest BCUT2D eigenvalue weighted by molar-refractivity contribution is -0.136. The van der Waals surface area contributed by atoms with Crippen LogP contribution in [0.2, 0.25) is 0 Å². The van der Waals surface area contributed by atoms with E-state index in [4.69, 9.17) is 0 Å². The lowest BCUT2D eigenvalue weighted by Crippen LogP contribution is -2.44. The maximum atomic E-state index is 14.8. The Labute approximate surface area is 228 Å². The maximum absolute atomic E-state index is 14.8. The topological polar surface area (TPSA) is 64.7 Å². The third kappa shape index (κ3) is 6.40. The van der Waals surface area contributed by atoms with Crippen LogP contribution in [-0.4, -0.2) is 60.5 Å². The van der Waals surface area contributed by atoms with Gasteiger partial charge in [-0.1, -0.05) is 12.1 Å². The Kier molecular flexibility index (Phi) is 8.59. The highest BCUT2D eigenvalue weighted by Crippen LogP contribution is 2.40. The average molecular weight is 545 g/mol. The fourth-order valence-electron chi connectivity index (χ4n) is 6.00. The number of nitrogens with zero attached hydrogens (tertiary/aromatic N) is 2. The summed E-state index contributed by atoms with van der Waals surface area (Å²) in [4.78, 5) is 29.8. The molecule has 0 aromatic heterocycles. The molecule has 9 heteroatoms. The van der Waals surface area contributed by atoms with Crippen LogP contribution in [0.5, 0.6) is 0 Å². The molecule has 2 aromatic carbocycles. The predicted molar refractivity (Wildman–Crippen MR) is 145 cm³/mol. The molecular weight excluding hydrogens is 505 g/mol. The van der Waals surface area contributed by atoms with Crippen LogP contribution in [0.1, 0.15) is 75.1 Å². The molecule has 2 aliphatic heterocycles. The number of rotatable bonds is 5. The summed E-state index contributed by atoms with van der Waals surface area (Å²) in [5.74, 6) is -2.31. The van der Waals surface area contributed by atoms with Gasteiger partial charge in [0.1, 0.15) is 17.5 Å². The molecule has 6 nitrogen and oxygen atoms in total. The summed E-state index contributed by atoms with van der Waals surface area (Å²) in [6, 6.07) is 7.57. The molecule has 39 heavy (non-hydrogen) atoms. The van der Waals surface area contributed by atoms with Crippen LogP contribution in [0, 0.1) is 23.4 Å². The summed E-state index contributed by atoms with van der Waals surface area (Å²) < 4.78 is 42.6. The van der Waals surface area contributed by atoms with Crippen molar-refractivity contribution in [1.29, 1.82) is 0 Å². The van der Waals surface area contributed by atoms with Gasteiger partial charge in [0.05, 0.1) is 12.0 Å². The number of carbonyl (C=O) groups excluding carboxylic acids is 2. The molecule has 0 saturated carbocycles. The molecule has 0 spiro atoms. The minimum atomic E-state index is -0.633. The Morgan fingerprint density at radius 3 is 2.15 bits per heavy atom. The number of hydrogen-bond donors (Lipinski definition) is 2. The lowest BCUT2D eigenvalue weighted by atomic mass is 9.83. The predicted octanol–water partition coefficient (Wildman–Crippen LogP) is 5.31. The van der Waals surface area contributed by atoms with Gasteiger partial charge in [-0.2, -0.15) is 0 Å². The molecule has 2 aromatic rings. The third-order valence-electron chi connectivity index (χ3n) is 8.28. The van der Waals surface area contributed by atoms with E-state index in [1.807, 2.05) is 11.8 Å². The van der Waals surface area contributed by atoms with Crippen molar-refractivity contribution in [1.82, 2.24) is 20.4 Å². The van der Waals surface area contributed by atoms with Gasteiger partial charge < -0.3 is 15.5 Å². The standard InChI is InChI=1S/C30H39F3N4O2/c1-18(35-29(39)34-5)24-14-20(31)6-8-22(24)19-10-12-36(13-11-19)28(38)26-17-37(30(2,3)4)16-25(26)23-9-7-21(32)15-27(23)33/h6-9,14-15,18-19,25-26H,10-13,16-17H2,1-5H3,(H2,34,35,39)/t18?,25-,26?/m0/s1. The average Bonchev–Trinajstić information content (AvgIpc) is 3.34. The second-order valence-electron chi connectivity index (χ2n) is 11.8. The summed E-state index contributed by atoms with van der Waals surface area (Å²) in [5, 5.41) is 5.35. The summed E-state index contributed by atoms with van der Waals surface area (Å²) in [7, 11) is 1.53. The molecule has 2 N–H and O–H groups in total. The molecule has 0 radical (unpaired) electrons. The van der Waals surface area contributed by atoms with Gasteiger partial charge >= 0.3 is 6.03 Å². The van der Waals surface area contributed by atoms with Crippen molar-refractivity contribution >= 4 is 11.9 Å². The highest BCUT2D eigenvalue weighted by atomic mass is 19.1. The molecule has 0 bridgehead atoms. The SMILES string of the molecule is CNC(=O)NC(C)c1cc(F)ccc1C1CCN(C(=O)C2CN(C(C)(C)C)C[C@H]2c2ccc(F)cc2F)CC1. The van der Waals surface area contributed by atoms with Crippen molar-refractivity contribution in [3.8, 4) is 0 Å². The Morgan fingerprint density at radius 2 is 1.56 bits per heavy atom. The minimum Gasteiger partial charge on any atom is -0.342 e. The Hall–Kier alpha value is -3.07. The maximum Gasteiger partial charge on any atom is 0.315 e. The van der Waals surface area contributed by atoms with Crippen LogP contribution in [-0.2, 0) is 4.79 Å². The van der Waals surface area contributed by atoms with E-state index in [0.717, 1.165) is 17.2 Å². The number of amides is 3. The summed E-state index contributed by atoms with van der Waals surface area (Å²) in [6.45, 7) is 10.1. The zero-order valence-corrected chi connectivity index (χ0v) is 23.4. The highest BCUT2D eigenvalue weighted by Gasteiger charge is 2.44. The van der Waals surface area contributed by atoms with Crippen LogP contribution >= 0.6 is 0 Å². The number of hydrogen-bond acceptors (Lipinski definition) is 3. The smallest absolute Gasteiger partial charge is 0.315 e. The lowest BCUT2D eigenvalue weighted by Gasteiger charge is -2.36. The first-order chi connectivity index (χ1) is 18.4. The van der Waals surface area contributed by atoms with Gasteiger partial charge in [0.15, 0.2) is 0 Å². The third-order valence-corrected chi connectivity index (χ3v) is 8.28. The molecule has 4 rings (SSSR count). The van der Waals surface area contributed by atoms with Crippen LogP contribution < -0.4 is 10.6 Å². The largest absolute Gasteiger partial charge is 0.342 e. The number of benzene rings is 2. The number of likely N-dealkylation sites (tertiary alicyclic amines) is 2. The molecular formula is C30H39F3N4O2. The first kappa shape index (κ1) is 28.9. The van der Waals surface area contributed by atoms with E-state index in [9.17, 15) is 22.8 Å². The zero-order chi connectivity index (χ0) is 28.5. The van der Waals surface area contributed by atoms with Gasteiger partial charge in [-0.25, -0.2) is 18.0 Å². The molecule has 0 aliphatic carbocycles. The molecule has 3 amide bonds. The Bertz CT molecular complexity index is 1210. The van der Waals surface area contributed by atoms with E-state index in [1.54, 1.807) is 6.07 Å². The van der Waals surface area contributed by atoms with Gasteiger partial charge in [-0.15, -0.1) is 0 Å². The number of urea groups is 1.